The molecule has 2 aromatic carbocycles. The van der Waals surface area contributed by atoms with Crippen molar-refractivity contribution in [1.29, 1.82) is 0 Å². The number of nitrogens with zero attached hydrogens (tertiary/aromatic N) is 1. The zero-order valence-electron chi connectivity index (χ0n) is 17.4. The Balaban J connectivity index is 1.45. The average Bonchev–Trinajstić information content (AvgIpc) is 3.20. The average molecular weight is 427 g/mol. The number of ether oxygens (including phenoxy) is 3. The van der Waals surface area contributed by atoms with Gasteiger partial charge in [-0.1, -0.05) is 17.7 Å². The molecule has 0 unspecified atom stereocenters. The van der Waals surface area contributed by atoms with E-state index in [4.69, 9.17) is 14.2 Å². The van der Waals surface area contributed by atoms with E-state index in [0.717, 1.165) is 33.5 Å². The van der Waals surface area contributed by atoms with E-state index in [2.05, 4.69) is 10.3 Å². The van der Waals surface area contributed by atoms with Crippen molar-refractivity contribution < 1.29 is 19.0 Å². The summed E-state index contributed by atoms with van der Waals surface area (Å²) in [6.45, 7) is 2.94. The first-order valence-electron chi connectivity index (χ1n) is 9.67. The van der Waals surface area contributed by atoms with Gasteiger partial charge in [-0.15, -0.1) is 11.3 Å². The highest BCUT2D eigenvalue weighted by Gasteiger charge is 2.10. The summed E-state index contributed by atoms with van der Waals surface area (Å²) in [5.74, 6) is 2.29. The van der Waals surface area contributed by atoms with Gasteiger partial charge in [0.1, 0.15) is 28.9 Å². The topological polar surface area (TPSA) is 69.7 Å². The van der Waals surface area contributed by atoms with Crippen molar-refractivity contribution in [1.82, 2.24) is 10.3 Å². The molecule has 1 amide bonds. The van der Waals surface area contributed by atoms with E-state index < -0.39 is 0 Å². The molecule has 3 aromatic rings. The van der Waals surface area contributed by atoms with Gasteiger partial charge in [-0.05, 0) is 49.2 Å². The highest BCUT2D eigenvalue weighted by Crippen LogP contribution is 2.24. The van der Waals surface area contributed by atoms with Gasteiger partial charge in [0.15, 0.2) is 0 Å². The van der Waals surface area contributed by atoms with Crippen LogP contribution in [0.5, 0.6) is 17.2 Å². The van der Waals surface area contributed by atoms with Gasteiger partial charge in [0.05, 0.1) is 26.3 Å². The Labute approximate surface area is 180 Å². The number of carbonyl (C=O) groups excluding carboxylic acids is 1. The molecule has 0 aliphatic heterocycles. The quantitative estimate of drug-likeness (QED) is 0.532. The smallest absolute Gasteiger partial charge is 0.226 e. The second kappa shape index (κ2) is 10.6. The van der Waals surface area contributed by atoms with Crippen molar-refractivity contribution >= 4 is 17.2 Å². The third-order valence-electron chi connectivity index (χ3n) is 4.53. The van der Waals surface area contributed by atoms with Crippen molar-refractivity contribution in [3.05, 3.63) is 69.7 Å². The number of amides is 1. The zero-order valence-corrected chi connectivity index (χ0v) is 18.3. The molecule has 1 heterocycles. The fourth-order valence-corrected chi connectivity index (χ4v) is 3.62. The van der Waals surface area contributed by atoms with Crippen LogP contribution >= 0.6 is 11.3 Å². The summed E-state index contributed by atoms with van der Waals surface area (Å²) < 4.78 is 16.4. The summed E-state index contributed by atoms with van der Waals surface area (Å²) >= 11 is 1.50. The number of nitrogens with one attached hydrogen (secondary N) is 1. The molecule has 30 heavy (non-hydrogen) atoms. The highest BCUT2D eigenvalue weighted by atomic mass is 32.1. The lowest BCUT2D eigenvalue weighted by Crippen LogP contribution is -2.27. The van der Waals surface area contributed by atoms with E-state index in [0.29, 0.717) is 19.6 Å². The van der Waals surface area contributed by atoms with E-state index in [1.165, 1.54) is 16.9 Å². The summed E-state index contributed by atoms with van der Waals surface area (Å²) in [6.07, 6.45) is 0.898. The molecule has 3 rings (SSSR count). The van der Waals surface area contributed by atoms with E-state index in [1.807, 2.05) is 54.8 Å². The third kappa shape index (κ3) is 6.22. The molecule has 1 N–H and O–H groups in total. The number of rotatable bonds is 10. The molecular formula is C23H26N2O4S. The van der Waals surface area contributed by atoms with E-state index in [1.54, 1.807) is 14.2 Å². The largest absolute Gasteiger partial charge is 0.497 e. The Morgan fingerprint density at radius 3 is 2.57 bits per heavy atom. The first kappa shape index (κ1) is 21.6. The van der Waals surface area contributed by atoms with Gasteiger partial charge < -0.3 is 19.5 Å². The van der Waals surface area contributed by atoms with Crippen LogP contribution in [-0.2, 0) is 24.2 Å². The van der Waals surface area contributed by atoms with Gasteiger partial charge in [0, 0.05) is 11.9 Å². The minimum Gasteiger partial charge on any atom is -0.497 e. The van der Waals surface area contributed by atoms with Gasteiger partial charge in [0.2, 0.25) is 5.91 Å². The lowest BCUT2D eigenvalue weighted by atomic mass is 10.1. The van der Waals surface area contributed by atoms with Crippen LogP contribution < -0.4 is 19.5 Å². The molecule has 7 heteroatoms. The Morgan fingerprint density at radius 2 is 1.83 bits per heavy atom. The van der Waals surface area contributed by atoms with Crippen LogP contribution in [0.1, 0.15) is 21.8 Å². The summed E-state index contributed by atoms with van der Waals surface area (Å²) in [6, 6.07) is 13.5. The summed E-state index contributed by atoms with van der Waals surface area (Å²) in [5.41, 5.74) is 2.93. The van der Waals surface area contributed by atoms with Crippen LogP contribution in [-0.4, -0.2) is 31.7 Å². The maximum Gasteiger partial charge on any atom is 0.226 e. The molecule has 158 valence electrons. The molecule has 0 saturated heterocycles. The second-order valence-corrected chi connectivity index (χ2v) is 7.73. The number of hydrogen-bond donors (Lipinski definition) is 1. The van der Waals surface area contributed by atoms with E-state index in [9.17, 15) is 4.79 Å². The number of benzene rings is 2. The number of hydrogen-bond acceptors (Lipinski definition) is 6. The van der Waals surface area contributed by atoms with Crippen LogP contribution in [0.3, 0.4) is 0 Å². The van der Waals surface area contributed by atoms with Gasteiger partial charge >= 0.3 is 0 Å². The molecule has 0 atom stereocenters. The molecule has 0 bridgehead atoms. The Kier molecular flexibility index (Phi) is 7.68. The molecule has 0 aliphatic carbocycles. The van der Waals surface area contributed by atoms with Crippen molar-refractivity contribution in [3.63, 3.8) is 0 Å². The molecule has 0 aliphatic rings. The molecule has 0 radical (unpaired) electrons. The van der Waals surface area contributed by atoms with Gasteiger partial charge in [-0.25, -0.2) is 4.98 Å². The second-order valence-electron chi connectivity index (χ2n) is 6.79. The van der Waals surface area contributed by atoms with Crippen molar-refractivity contribution in [2.45, 2.75) is 26.4 Å². The predicted octanol–water partition coefficient (Wildman–Crippen LogP) is 3.95. The predicted molar refractivity (Wildman–Crippen MR) is 118 cm³/mol. The summed E-state index contributed by atoms with van der Waals surface area (Å²) in [7, 11) is 3.26. The van der Waals surface area contributed by atoms with Crippen LogP contribution in [0.15, 0.2) is 47.8 Å². The SMILES string of the molecule is COc1ccc(OC)c(CCNC(=O)Cc2csc(COc3ccc(C)cc3)n2)c1. The number of methoxy groups -OCH3 is 2. The van der Waals surface area contributed by atoms with Crippen LogP contribution in [0.2, 0.25) is 0 Å². The molecule has 0 fully saturated rings. The van der Waals surface area contributed by atoms with Crippen LogP contribution in [0.25, 0.3) is 0 Å². The maximum atomic E-state index is 12.3. The summed E-state index contributed by atoms with van der Waals surface area (Å²) in [5, 5.41) is 5.69. The third-order valence-corrected chi connectivity index (χ3v) is 5.40. The Hall–Kier alpha value is -3.06. The molecule has 6 nitrogen and oxygen atoms in total. The van der Waals surface area contributed by atoms with Gasteiger partial charge in [-0.3, -0.25) is 4.79 Å². The van der Waals surface area contributed by atoms with Crippen molar-refractivity contribution in [2.24, 2.45) is 0 Å². The first-order valence-corrected chi connectivity index (χ1v) is 10.6. The Bertz CT molecular complexity index is 970. The molecule has 0 spiro atoms. The first-order chi connectivity index (χ1) is 14.6. The fraction of sp³-hybridized carbons (Fsp3) is 0.304. The number of carbonyl (C=O) groups is 1. The molecule has 1 aromatic heterocycles. The van der Waals surface area contributed by atoms with E-state index in [-0.39, 0.29) is 12.3 Å². The number of thiazole rings is 1. The minimum atomic E-state index is -0.0619. The monoisotopic (exact) mass is 426 g/mol. The van der Waals surface area contributed by atoms with Crippen LogP contribution in [0, 0.1) is 6.92 Å². The molecule has 0 saturated carbocycles. The van der Waals surface area contributed by atoms with Gasteiger partial charge in [-0.2, -0.15) is 0 Å². The molecular weight excluding hydrogens is 400 g/mol. The summed E-state index contributed by atoms with van der Waals surface area (Å²) in [4.78, 5) is 16.8. The zero-order chi connectivity index (χ0) is 21.3. The lowest BCUT2D eigenvalue weighted by molar-refractivity contribution is -0.120. The van der Waals surface area contributed by atoms with Crippen LogP contribution in [0.4, 0.5) is 0 Å². The maximum absolute atomic E-state index is 12.3. The standard InChI is InChI=1S/C23H26N2O4S/c1-16-4-6-19(7-5-16)29-14-23-25-18(15-30-23)13-22(26)24-11-10-17-12-20(27-2)8-9-21(17)28-3/h4-9,12,15H,10-11,13-14H2,1-3H3,(H,24,26). The lowest BCUT2D eigenvalue weighted by Gasteiger charge is -2.11. The van der Waals surface area contributed by atoms with E-state index >= 15 is 0 Å². The Morgan fingerprint density at radius 1 is 1.07 bits per heavy atom. The van der Waals surface area contributed by atoms with Crippen molar-refractivity contribution in [2.75, 3.05) is 20.8 Å². The number of aromatic nitrogens is 1. The highest BCUT2D eigenvalue weighted by molar-refractivity contribution is 7.09. The normalized spacial score (nSPS) is 10.5. The minimum absolute atomic E-state index is 0.0619. The number of aryl methyl sites for hydroxylation is 1. The fourth-order valence-electron chi connectivity index (χ4n) is 2.92. The van der Waals surface area contributed by atoms with Crippen molar-refractivity contribution in [3.8, 4) is 17.2 Å². The van der Waals surface area contributed by atoms with Gasteiger partial charge in [0.25, 0.3) is 0 Å².